The summed E-state index contributed by atoms with van der Waals surface area (Å²) in [6.45, 7) is 4.27. The van der Waals surface area contributed by atoms with Gasteiger partial charge in [0.2, 0.25) is 10.0 Å². The van der Waals surface area contributed by atoms with Crippen LogP contribution >= 0.6 is 0 Å². The third-order valence-corrected chi connectivity index (χ3v) is 7.62. The number of aryl methyl sites for hydroxylation is 2. The average molecular weight is 487 g/mol. The maximum Gasteiger partial charge on any atom is 0.306 e. The lowest BCUT2D eigenvalue weighted by Gasteiger charge is -2.25. The van der Waals surface area contributed by atoms with Gasteiger partial charge in [0.15, 0.2) is 12.4 Å². The maximum absolute atomic E-state index is 12.7. The molecule has 1 amide bonds. The minimum Gasteiger partial charge on any atom is -0.456 e. The molecule has 0 aliphatic carbocycles. The average Bonchev–Trinajstić information content (AvgIpc) is 2.83. The molecule has 1 aliphatic heterocycles. The highest BCUT2D eigenvalue weighted by Gasteiger charge is 2.25. The monoisotopic (exact) mass is 486 g/mol. The first-order chi connectivity index (χ1) is 16.2. The normalized spacial score (nSPS) is 14.4. The first kappa shape index (κ1) is 25.6. The summed E-state index contributed by atoms with van der Waals surface area (Å²) in [4.78, 5) is 36.6. The van der Waals surface area contributed by atoms with Crippen molar-refractivity contribution in [3.63, 3.8) is 0 Å². The fourth-order valence-corrected chi connectivity index (χ4v) is 5.28. The predicted octanol–water partition coefficient (Wildman–Crippen LogP) is 3.62. The quantitative estimate of drug-likeness (QED) is 0.428. The minimum absolute atomic E-state index is 0.00228. The van der Waals surface area contributed by atoms with Crippen LogP contribution in [0.2, 0.25) is 0 Å². The van der Waals surface area contributed by atoms with Crippen LogP contribution in [0, 0.1) is 13.8 Å². The molecular formula is C25H30N2O6S. The molecule has 0 unspecified atom stereocenters. The first-order valence-corrected chi connectivity index (χ1v) is 12.8. The van der Waals surface area contributed by atoms with Gasteiger partial charge in [0.05, 0.1) is 11.3 Å². The minimum atomic E-state index is -3.54. The molecule has 34 heavy (non-hydrogen) atoms. The van der Waals surface area contributed by atoms with Crippen LogP contribution in [0.1, 0.15) is 53.6 Å². The molecule has 0 radical (unpaired) electrons. The van der Waals surface area contributed by atoms with E-state index in [9.17, 15) is 22.8 Å². The molecule has 2 aromatic carbocycles. The lowest BCUT2D eigenvalue weighted by atomic mass is 9.99. The number of carbonyl (C=O) groups excluding carboxylic acids is 3. The number of piperidine rings is 1. The zero-order valence-corrected chi connectivity index (χ0v) is 20.3. The molecule has 0 aromatic heterocycles. The number of amides is 1. The summed E-state index contributed by atoms with van der Waals surface area (Å²) in [6, 6.07) is 11.5. The molecule has 8 nitrogen and oxygen atoms in total. The summed E-state index contributed by atoms with van der Waals surface area (Å²) >= 11 is 0. The third-order valence-electron chi connectivity index (χ3n) is 5.70. The standard InChI is InChI=1S/C25H30N2O6S/c1-18-6-7-19(2)22(16-18)23(28)12-13-25(30)33-17-24(29)26-20-8-10-21(11-9-20)34(31,32)27-14-4-3-5-15-27/h6-11,16H,3-5,12-15,17H2,1-2H3,(H,26,29). The fraction of sp³-hybridized carbons (Fsp3) is 0.400. The van der Waals surface area contributed by atoms with Gasteiger partial charge in [-0.1, -0.05) is 24.1 Å². The Bertz CT molecular complexity index is 1150. The van der Waals surface area contributed by atoms with Gasteiger partial charge < -0.3 is 10.1 Å². The first-order valence-electron chi connectivity index (χ1n) is 11.3. The zero-order valence-electron chi connectivity index (χ0n) is 19.5. The highest BCUT2D eigenvalue weighted by molar-refractivity contribution is 7.89. The van der Waals surface area contributed by atoms with E-state index in [-0.39, 0.29) is 23.5 Å². The van der Waals surface area contributed by atoms with Crippen LogP contribution in [0.4, 0.5) is 5.69 Å². The molecule has 0 spiro atoms. The van der Waals surface area contributed by atoms with E-state index < -0.39 is 28.5 Å². The number of hydrogen-bond acceptors (Lipinski definition) is 6. The molecular weight excluding hydrogens is 456 g/mol. The van der Waals surface area contributed by atoms with Crippen LogP contribution < -0.4 is 5.32 Å². The summed E-state index contributed by atoms with van der Waals surface area (Å²) in [7, 11) is -3.54. The van der Waals surface area contributed by atoms with Crippen molar-refractivity contribution >= 4 is 33.4 Å². The third kappa shape index (κ3) is 6.74. The second-order valence-electron chi connectivity index (χ2n) is 8.44. The van der Waals surface area contributed by atoms with Gasteiger partial charge in [-0.2, -0.15) is 4.31 Å². The summed E-state index contributed by atoms with van der Waals surface area (Å²) < 4.78 is 31.8. The van der Waals surface area contributed by atoms with Gasteiger partial charge in [0.25, 0.3) is 5.91 Å². The van der Waals surface area contributed by atoms with E-state index in [1.165, 1.54) is 28.6 Å². The molecule has 0 bridgehead atoms. The van der Waals surface area contributed by atoms with Gasteiger partial charge in [0.1, 0.15) is 0 Å². The van der Waals surface area contributed by atoms with Gasteiger partial charge in [-0.05, 0) is 62.6 Å². The molecule has 1 heterocycles. The lowest BCUT2D eigenvalue weighted by Crippen LogP contribution is -2.35. The smallest absolute Gasteiger partial charge is 0.306 e. The van der Waals surface area contributed by atoms with Crippen LogP contribution in [0.3, 0.4) is 0 Å². The number of benzene rings is 2. The van der Waals surface area contributed by atoms with E-state index in [0.29, 0.717) is 24.3 Å². The SMILES string of the molecule is Cc1ccc(C)c(C(=O)CCC(=O)OCC(=O)Nc2ccc(S(=O)(=O)N3CCCCC3)cc2)c1. The number of nitrogens with one attached hydrogen (secondary N) is 1. The number of sulfonamides is 1. The van der Waals surface area contributed by atoms with Crippen molar-refractivity contribution < 1.29 is 27.5 Å². The molecule has 0 saturated carbocycles. The molecule has 1 saturated heterocycles. The van der Waals surface area contributed by atoms with Crippen LogP contribution in [0.5, 0.6) is 0 Å². The Morgan fingerprint density at radius 2 is 1.62 bits per heavy atom. The number of Topliss-reactive ketones (excluding diaryl/α,β-unsaturated/α-hetero) is 1. The van der Waals surface area contributed by atoms with E-state index in [0.717, 1.165) is 30.4 Å². The Labute approximate surface area is 200 Å². The van der Waals surface area contributed by atoms with E-state index in [1.807, 2.05) is 26.0 Å². The highest BCUT2D eigenvalue weighted by Crippen LogP contribution is 2.22. The van der Waals surface area contributed by atoms with Crippen molar-refractivity contribution in [3.05, 3.63) is 59.2 Å². The number of carbonyl (C=O) groups is 3. The van der Waals surface area contributed by atoms with E-state index >= 15 is 0 Å². The summed E-state index contributed by atoms with van der Waals surface area (Å²) in [5.74, 6) is -1.35. The molecule has 2 aromatic rings. The van der Waals surface area contributed by atoms with Crippen molar-refractivity contribution in [2.75, 3.05) is 25.0 Å². The largest absolute Gasteiger partial charge is 0.456 e. The number of esters is 1. The highest BCUT2D eigenvalue weighted by atomic mass is 32.2. The molecule has 1 aliphatic rings. The van der Waals surface area contributed by atoms with E-state index in [4.69, 9.17) is 4.74 Å². The second-order valence-corrected chi connectivity index (χ2v) is 10.4. The molecule has 9 heteroatoms. The second kappa shape index (κ2) is 11.4. The van der Waals surface area contributed by atoms with Crippen LogP contribution in [0.15, 0.2) is 47.4 Å². The predicted molar refractivity (Wildman–Crippen MR) is 128 cm³/mol. The van der Waals surface area contributed by atoms with Crippen LogP contribution in [0.25, 0.3) is 0 Å². The zero-order chi connectivity index (χ0) is 24.7. The molecule has 182 valence electrons. The fourth-order valence-electron chi connectivity index (χ4n) is 3.77. The Hall–Kier alpha value is -3.04. The van der Waals surface area contributed by atoms with E-state index in [2.05, 4.69) is 5.32 Å². The maximum atomic E-state index is 12.7. The molecule has 0 atom stereocenters. The number of rotatable bonds is 9. The van der Waals surface area contributed by atoms with Gasteiger partial charge >= 0.3 is 5.97 Å². The van der Waals surface area contributed by atoms with Crippen molar-refractivity contribution in [1.29, 1.82) is 0 Å². The number of hydrogen-bond donors (Lipinski definition) is 1. The summed E-state index contributed by atoms with van der Waals surface area (Å²) in [5.41, 5.74) is 2.78. The number of ether oxygens (including phenoxy) is 1. The van der Waals surface area contributed by atoms with Crippen molar-refractivity contribution in [2.24, 2.45) is 0 Å². The van der Waals surface area contributed by atoms with Crippen molar-refractivity contribution in [3.8, 4) is 0 Å². The Balaban J connectivity index is 1.45. The topological polar surface area (TPSA) is 110 Å². The molecule has 1 N–H and O–H groups in total. The Morgan fingerprint density at radius 1 is 0.941 bits per heavy atom. The lowest BCUT2D eigenvalue weighted by molar-refractivity contribution is -0.147. The summed E-state index contributed by atoms with van der Waals surface area (Å²) in [6.07, 6.45) is 2.61. The van der Waals surface area contributed by atoms with Gasteiger partial charge in [-0.25, -0.2) is 8.42 Å². The van der Waals surface area contributed by atoms with Gasteiger partial charge in [-0.15, -0.1) is 0 Å². The Morgan fingerprint density at radius 3 is 2.29 bits per heavy atom. The van der Waals surface area contributed by atoms with Crippen molar-refractivity contribution in [1.82, 2.24) is 4.31 Å². The molecule has 3 rings (SSSR count). The van der Waals surface area contributed by atoms with Crippen molar-refractivity contribution in [2.45, 2.75) is 50.8 Å². The number of anilines is 1. The summed E-state index contributed by atoms with van der Waals surface area (Å²) in [5, 5.41) is 2.57. The van der Waals surface area contributed by atoms with Gasteiger partial charge in [0, 0.05) is 30.8 Å². The van der Waals surface area contributed by atoms with Crippen LogP contribution in [-0.2, 0) is 24.3 Å². The number of ketones is 1. The van der Waals surface area contributed by atoms with Gasteiger partial charge in [-0.3, -0.25) is 14.4 Å². The van der Waals surface area contributed by atoms with E-state index in [1.54, 1.807) is 6.07 Å². The molecule has 1 fully saturated rings. The van der Waals surface area contributed by atoms with Crippen LogP contribution in [-0.4, -0.2) is 50.1 Å². The number of nitrogens with zero attached hydrogens (tertiary/aromatic N) is 1. The Kier molecular flexibility index (Phi) is 8.57.